The first-order chi connectivity index (χ1) is 11.1. The minimum Gasteiger partial charge on any atom is -0.340 e. The van der Waals surface area contributed by atoms with Crippen LogP contribution in [-0.2, 0) is 11.3 Å². The molecule has 1 aliphatic heterocycles. The molecule has 2 aromatic rings. The van der Waals surface area contributed by atoms with E-state index in [1.165, 1.54) is 10.8 Å². The summed E-state index contributed by atoms with van der Waals surface area (Å²) < 4.78 is 1.33. The van der Waals surface area contributed by atoms with E-state index in [4.69, 9.17) is 0 Å². The predicted molar refractivity (Wildman–Crippen MR) is 83.8 cm³/mol. The van der Waals surface area contributed by atoms with E-state index in [1.54, 1.807) is 29.6 Å². The van der Waals surface area contributed by atoms with Crippen LogP contribution in [0.1, 0.15) is 30.1 Å². The first kappa shape index (κ1) is 15.3. The molecule has 23 heavy (non-hydrogen) atoms. The lowest BCUT2D eigenvalue weighted by molar-refractivity contribution is -0.133. The van der Waals surface area contributed by atoms with Crippen LogP contribution in [0.2, 0.25) is 0 Å². The van der Waals surface area contributed by atoms with Crippen molar-refractivity contribution in [3.05, 3.63) is 52.7 Å². The molecule has 3 heterocycles. The van der Waals surface area contributed by atoms with Crippen LogP contribution >= 0.6 is 0 Å². The molecule has 0 aromatic carbocycles. The number of piperidine rings is 1. The molecule has 2 aromatic heterocycles. The molecule has 0 radical (unpaired) electrons. The second-order valence-corrected chi connectivity index (χ2v) is 5.79. The molecular formula is C16H19N5O2. The zero-order chi connectivity index (χ0) is 16.2. The Morgan fingerprint density at radius 3 is 3.04 bits per heavy atom. The maximum atomic E-state index is 12.5. The topological polar surface area (TPSA) is 81.0 Å². The summed E-state index contributed by atoms with van der Waals surface area (Å²) in [5.41, 5.74) is 1.41. The van der Waals surface area contributed by atoms with Gasteiger partial charge in [-0.1, -0.05) is 0 Å². The Labute approximate surface area is 134 Å². The molecule has 3 rings (SSSR count). The Morgan fingerprint density at radius 2 is 2.26 bits per heavy atom. The summed E-state index contributed by atoms with van der Waals surface area (Å²) in [4.78, 5) is 38.3. The van der Waals surface area contributed by atoms with Crippen LogP contribution in [0, 0.1) is 6.92 Å². The Hall–Kier alpha value is -2.57. The Bertz CT molecular complexity index is 758. The highest BCUT2D eigenvalue weighted by atomic mass is 16.2. The molecule has 1 atom stereocenters. The molecule has 1 unspecified atom stereocenters. The summed E-state index contributed by atoms with van der Waals surface area (Å²) in [5, 5.41) is 0. The summed E-state index contributed by atoms with van der Waals surface area (Å²) in [6.07, 6.45) is 8.43. The van der Waals surface area contributed by atoms with Gasteiger partial charge in [-0.05, 0) is 25.8 Å². The Balaban J connectivity index is 1.70. The second kappa shape index (κ2) is 6.68. The van der Waals surface area contributed by atoms with Crippen molar-refractivity contribution >= 4 is 5.91 Å². The first-order valence-electron chi connectivity index (χ1n) is 7.71. The normalized spacial score (nSPS) is 18.0. The second-order valence-electron chi connectivity index (χ2n) is 5.79. The summed E-state index contributed by atoms with van der Waals surface area (Å²) in [6, 6.07) is 1.65. The van der Waals surface area contributed by atoms with Gasteiger partial charge in [0.05, 0.1) is 11.4 Å². The van der Waals surface area contributed by atoms with E-state index in [-0.39, 0.29) is 18.4 Å². The molecule has 7 heteroatoms. The van der Waals surface area contributed by atoms with E-state index in [9.17, 15) is 9.59 Å². The molecular weight excluding hydrogens is 294 g/mol. The van der Waals surface area contributed by atoms with Crippen molar-refractivity contribution in [1.82, 2.24) is 24.4 Å². The third-order valence-corrected chi connectivity index (χ3v) is 4.05. The lowest BCUT2D eigenvalue weighted by Gasteiger charge is -2.32. The Kier molecular flexibility index (Phi) is 4.45. The molecule has 1 fully saturated rings. The van der Waals surface area contributed by atoms with Gasteiger partial charge in [0.25, 0.3) is 0 Å². The van der Waals surface area contributed by atoms with Crippen LogP contribution in [0.5, 0.6) is 0 Å². The van der Waals surface area contributed by atoms with Crippen LogP contribution in [0.3, 0.4) is 0 Å². The average Bonchev–Trinajstić information content (AvgIpc) is 2.57. The van der Waals surface area contributed by atoms with Gasteiger partial charge in [0, 0.05) is 43.8 Å². The van der Waals surface area contributed by atoms with Gasteiger partial charge < -0.3 is 4.90 Å². The number of carbonyl (C=O) groups excluding carboxylic acids is 1. The molecule has 1 amide bonds. The average molecular weight is 313 g/mol. The fourth-order valence-electron chi connectivity index (χ4n) is 2.88. The highest BCUT2D eigenvalue weighted by Gasteiger charge is 2.26. The highest BCUT2D eigenvalue weighted by Crippen LogP contribution is 2.25. The van der Waals surface area contributed by atoms with Crippen molar-refractivity contribution in [2.75, 3.05) is 13.1 Å². The zero-order valence-electron chi connectivity index (χ0n) is 13.1. The van der Waals surface area contributed by atoms with E-state index < -0.39 is 5.69 Å². The summed E-state index contributed by atoms with van der Waals surface area (Å²) in [5.74, 6) is 0.135. The number of nitrogens with zero attached hydrogens (tertiary/aromatic N) is 5. The molecule has 1 saturated heterocycles. The van der Waals surface area contributed by atoms with E-state index in [2.05, 4.69) is 15.0 Å². The van der Waals surface area contributed by atoms with Crippen molar-refractivity contribution in [2.24, 2.45) is 0 Å². The Morgan fingerprint density at radius 1 is 1.39 bits per heavy atom. The van der Waals surface area contributed by atoms with E-state index in [1.807, 2.05) is 6.92 Å². The maximum absolute atomic E-state index is 12.5. The predicted octanol–water partition coefficient (Wildman–Crippen LogP) is 0.748. The van der Waals surface area contributed by atoms with Crippen LogP contribution in [0.15, 0.2) is 35.6 Å². The standard InChI is InChI=1S/C16H19N5O2/c1-12-8-17-9-14(19-12)13-4-2-6-20(10-13)15(22)11-21-7-3-5-18-16(21)23/h3,5,7-9,13H,2,4,6,10-11H2,1H3. The van der Waals surface area contributed by atoms with E-state index in [0.29, 0.717) is 13.1 Å². The van der Waals surface area contributed by atoms with Gasteiger partial charge in [0.2, 0.25) is 5.91 Å². The fourth-order valence-corrected chi connectivity index (χ4v) is 2.88. The third-order valence-electron chi connectivity index (χ3n) is 4.05. The third kappa shape index (κ3) is 3.61. The van der Waals surface area contributed by atoms with Crippen molar-refractivity contribution in [1.29, 1.82) is 0 Å². The number of hydrogen-bond acceptors (Lipinski definition) is 5. The zero-order valence-corrected chi connectivity index (χ0v) is 13.1. The number of aryl methyl sites for hydroxylation is 1. The molecule has 0 saturated carbocycles. The summed E-state index contributed by atoms with van der Waals surface area (Å²) in [6.45, 7) is 3.27. The van der Waals surface area contributed by atoms with Crippen molar-refractivity contribution in [2.45, 2.75) is 32.2 Å². The number of carbonyl (C=O) groups is 1. The van der Waals surface area contributed by atoms with Gasteiger partial charge in [-0.3, -0.25) is 19.3 Å². The van der Waals surface area contributed by atoms with Gasteiger partial charge in [0.1, 0.15) is 6.54 Å². The molecule has 0 bridgehead atoms. The number of rotatable bonds is 3. The quantitative estimate of drug-likeness (QED) is 0.835. The van der Waals surface area contributed by atoms with Gasteiger partial charge in [-0.25, -0.2) is 9.78 Å². The van der Waals surface area contributed by atoms with Crippen LogP contribution in [-0.4, -0.2) is 43.4 Å². The minimum absolute atomic E-state index is 0.0267. The molecule has 120 valence electrons. The number of amides is 1. The van der Waals surface area contributed by atoms with Gasteiger partial charge in [-0.15, -0.1) is 0 Å². The van der Waals surface area contributed by atoms with Gasteiger partial charge >= 0.3 is 5.69 Å². The lowest BCUT2D eigenvalue weighted by Crippen LogP contribution is -2.42. The first-order valence-corrected chi connectivity index (χ1v) is 7.71. The maximum Gasteiger partial charge on any atom is 0.347 e. The number of likely N-dealkylation sites (tertiary alicyclic amines) is 1. The monoisotopic (exact) mass is 313 g/mol. The highest BCUT2D eigenvalue weighted by molar-refractivity contribution is 5.76. The molecule has 0 spiro atoms. The molecule has 7 nitrogen and oxygen atoms in total. The fraction of sp³-hybridized carbons (Fsp3) is 0.438. The minimum atomic E-state index is -0.404. The van der Waals surface area contributed by atoms with Crippen molar-refractivity contribution in [3.63, 3.8) is 0 Å². The van der Waals surface area contributed by atoms with Crippen LogP contribution < -0.4 is 5.69 Å². The lowest BCUT2D eigenvalue weighted by atomic mass is 9.95. The van der Waals surface area contributed by atoms with Crippen molar-refractivity contribution in [3.8, 4) is 0 Å². The summed E-state index contributed by atoms with van der Waals surface area (Å²) >= 11 is 0. The largest absolute Gasteiger partial charge is 0.347 e. The van der Waals surface area contributed by atoms with Gasteiger partial charge in [0.15, 0.2) is 0 Å². The van der Waals surface area contributed by atoms with Crippen LogP contribution in [0.4, 0.5) is 0 Å². The molecule has 1 aliphatic rings. The molecule has 0 aliphatic carbocycles. The molecule has 0 N–H and O–H groups in total. The van der Waals surface area contributed by atoms with Crippen LogP contribution in [0.25, 0.3) is 0 Å². The number of hydrogen-bond donors (Lipinski definition) is 0. The summed E-state index contributed by atoms with van der Waals surface area (Å²) in [7, 11) is 0. The number of aromatic nitrogens is 4. The van der Waals surface area contributed by atoms with E-state index in [0.717, 1.165) is 24.2 Å². The van der Waals surface area contributed by atoms with E-state index >= 15 is 0 Å². The smallest absolute Gasteiger partial charge is 0.340 e. The van der Waals surface area contributed by atoms with Gasteiger partial charge in [-0.2, -0.15) is 0 Å². The SMILES string of the molecule is Cc1cncc(C2CCCN(C(=O)Cn3cccnc3=O)C2)n1. The van der Waals surface area contributed by atoms with Crippen molar-refractivity contribution < 1.29 is 4.79 Å².